The first-order valence-electron chi connectivity index (χ1n) is 5.42. The molecule has 1 aromatic heterocycles. The van der Waals surface area contributed by atoms with Crippen LogP contribution < -0.4 is 0 Å². The van der Waals surface area contributed by atoms with Crippen LogP contribution in [-0.2, 0) is 19.4 Å². The quantitative estimate of drug-likeness (QED) is 0.800. The highest BCUT2D eigenvalue weighted by Crippen LogP contribution is 2.23. The van der Waals surface area contributed by atoms with E-state index in [1.165, 1.54) is 5.69 Å². The second kappa shape index (κ2) is 4.60. The van der Waals surface area contributed by atoms with Gasteiger partial charge in [0, 0.05) is 17.8 Å². The molecule has 0 saturated heterocycles. The van der Waals surface area contributed by atoms with Gasteiger partial charge in [0.25, 0.3) is 0 Å². The number of aliphatic hydroxyl groups excluding tert-OH is 1. The topological polar surface area (TPSA) is 38.0 Å². The molecule has 80 valence electrons. The van der Waals surface area contributed by atoms with Crippen LogP contribution in [-0.4, -0.2) is 14.9 Å². The molecular weight excluding hydrogens is 176 g/mol. The van der Waals surface area contributed by atoms with Crippen LogP contribution in [0.4, 0.5) is 0 Å². The third-order valence-electron chi connectivity index (χ3n) is 2.56. The molecule has 0 aliphatic heterocycles. The smallest absolute Gasteiger partial charge is 0.0798 e. The average molecular weight is 196 g/mol. The van der Waals surface area contributed by atoms with Crippen molar-refractivity contribution in [2.75, 3.05) is 0 Å². The van der Waals surface area contributed by atoms with E-state index >= 15 is 0 Å². The first-order valence-corrected chi connectivity index (χ1v) is 5.42. The molecular formula is C11H20N2O. The molecule has 14 heavy (non-hydrogen) atoms. The molecule has 3 heteroatoms. The van der Waals surface area contributed by atoms with Gasteiger partial charge in [-0.1, -0.05) is 13.8 Å². The summed E-state index contributed by atoms with van der Waals surface area (Å²) in [5.74, 6) is 0. The van der Waals surface area contributed by atoms with E-state index in [9.17, 15) is 5.11 Å². The predicted molar refractivity (Wildman–Crippen MR) is 57.3 cm³/mol. The Morgan fingerprint density at radius 2 is 1.93 bits per heavy atom. The van der Waals surface area contributed by atoms with E-state index in [1.807, 2.05) is 11.6 Å². The minimum Gasteiger partial charge on any atom is -0.389 e. The zero-order chi connectivity index (χ0) is 10.7. The maximum Gasteiger partial charge on any atom is 0.0798 e. The van der Waals surface area contributed by atoms with E-state index in [0.29, 0.717) is 0 Å². The lowest BCUT2D eigenvalue weighted by atomic mass is 10.0. The van der Waals surface area contributed by atoms with Gasteiger partial charge in [0.15, 0.2) is 0 Å². The zero-order valence-electron chi connectivity index (χ0n) is 9.54. The SMILES string of the molecule is CCc1nn(CC)c(CC)c1C(C)O. The van der Waals surface area contributed by atoms with Gasteiger partial charge >= 0.3 is 0 Å². The van der Waals surface area contributed by atoms with Crippen molar-refractivity contribution in [2.45, 2.75) is 53.2 Å². The molecule has 0 radical (unpaired) electrons. The molecule has 0 fully saturated rings. The summed E-state index contributed by atoms with van der Waals surface area (Å²) in [7, 11) is 0. The Balaban J connectivity index is 3.26. The Kier molecular flexibility index (Phi) is 3.69. The van der Waals surface area contributed by atoms with Crippen LogP contribution in [0.3, 0.4) is 0 Å². The fourth-order valence-electron chi connectivity index (χ4n) is 1.94. The van der Waals surface area contributed by atoms with E-state index in [4.69, 9.17) is 0 Å². The zero-order valence-corrected chi connectivity index (χ0v) is 9.54. The Morgan fingerprint density at radius 1 is 1.29 bits per heavy atom. The molecule has 1 N–H and O–H groups in total. The summed E-state index contributed by atoms with van der Waals surface area (Å²) in [6.45, 7) is 8.96. The molecule has 1 atom stereocenters. The highest BCUT2D eigenvalue weighted by atomic mass is 16.3. The van der Waals surface area contributed by atoms with Gasteiger partial charge in [0.05, 0.1) is 11.8 Å². The Bertz CT molecular complexity index is 302. The summed E-state index contributed by atoms with van der Waals surface area (Å²) < 4.78 is 2.00. The molecule has 3 nitrogen and oxygen atoms in total. The second-order valence-electron chi connectivity index (χ2n) is 3.51. The Labute approximate surface area is 85.8 Å². The van der Waals surface area contributed by atoms with Crippen LogP contribution in [0.25, 0.3) is 0 Å². The predicted octanol–water partition coefficient (Wildman–Crippen LogP) is 2.08. The van der Waals surface area contributed by atoms with Crippen LogP contribution in [0.1, 0.15) is 50.8 Å². The molecule has 0 aliphatic carbocycles. The van der Waals surface area contributed by atoms with Crippen molar-refractivity contribution in [2.24, 2.45) is 0 Å². The van der Waals surface area contributed by atoms with Gasteiger partial charge in [-0.2, -0.15) is 5.10 Å². The Hall–Kier alpha value is -0.830. The van der Waals surface area contributed by atoms with Gasteiger partial charge < -0.3 is 5.11 Å². The van der Waals surface area contributed by atoms with Crippen LogP contribution >= 0.6 is 0 Å². The lowest BCUT2D eigenvalue weighted by molar-refractivity contribution is 0.197. The monoisotopic (exact) mass is 196 g/mol. The summed E-state index contributed by atoms with van der Waals surface area (Å²) in [6, 6.07) is 0. The van der Waals surface area contributed by atoms with E-state index in [-0.39, 0.29) is 0 Å². The van der Waals surface area contributed by atoms with Gasteiger partial charge in [-0.3, -0.25) is 4.68 Å². The van der Waals surface area contributed by atoms with Crippen molar-refractivity contribution in [1.82, 2.24) is 9.78 Å². The molecule has 0 bridgehead atoms. The highest BCUT2D eigenvalue weighted by Gasteiger charge is 2.17. The fraction of sp³-hybridized carbons (Fsp3) is 0.727. The number of hydrogen-bond acceptors (Lipinski definition) is 2. The highest BCUT2D eigenvalue weighted by molar-refractivity contribution is 5.28. The lowest BCUT2D eigenvalue weighted by Crippen LogP contribution is -2.04. The maximum atomic E-state index is 9.70. The number of nitrogens with zero attached hydrogens (tertiary/aromatic N) is 2. The van der Waals surface area contributed by atoms with Crippen molar-refractivity contribution < 1.29 is 5.11 Å². The molecule has 0 aromatic carbocycles. The minimum atomic E-state index is -0.403. The number of aryl methyl sites for hydroxylation is 2. The number of aliphatic hydroxyl groups is 1. The molecule has 0 aliphatic rings. The molecule has 0 amide bonds. The molecule has 0 spiro atoms. The third kappa shape index (κ3) is 1.82. The average Bonchev–Trinajstić information content (AvgIpc) is 2.54. The van der Waals surface area contributed by atoms with Crippen molar-refractivity contribution in [1.29, 1.82) is 0 Å². The van der Waals surface area contributed by atoms with Crippen LogP contribution in [0.2, 0.25) is 0 Å². The summed E-state index contributed by atoms with van der Waals surface area (Å²) in [5.41, 5.74) is 3.26. The molecule has 0 saturated carbocycles. The fourth-order valence-corrected chi connectivity index (χ4v) is 1.94. The lowest BCUT2D eigenvalue weighted by Gasteiger charge is -2.08. The Morgan fingerprint density at radius 3 is 2.29 bits per heavy atom. The van der Waals surface area contributed by atoms with E-state index < -0.39 is 6.10 Å². The molecule has 1 unspecified atom stereocenters. The van der Waals surface area contributed by atoms with E-state index in [2.05, 4.69) is 25.9 Å². The van der Waals surface area contributed by atoms with Crippen molar-refractivity contribution in [3.63, 3.8) is 0 Å². The van der Waals surface area contributed by atoms with Crippen LogP contribution in [0.5, 0.6) is 0 Å². The summed E-state index contributed by atoms with van der Waals surface area (Å²) in [5, 5.41) is 14.2. The molecule has 1 rings (SSSR count). The summed E-state index contributed by atoms with van der Waals surface area (Å²) >= 11 is 0. The first kappa shape index (κ1) is 11.2. The van der Waals surface area contributed by atoms with Crippen molar-refractivity contribution in [3.05, 3.63) is 17.0 Å². The minimum absolute atomic E-state index is 0.403. The van der Waals surface area contributed by atoms with Gasteiger partial charge in [0.1, 0.15) is 0 Å². The number of aromatic nitrogens is 2. The van der Waals surface area contributed by atoms with Gasteiger partial charge in [-0.25, -0.2) is 0 Å². The third-order valence-corrected chi connectivity index (χ3v) is 2.56. The summed E-state index contributed by atoms with van der Waals surface area (Å²) in [6.07, 6.45) is 1.42. The molecule has 1 aromatic rings. The van der Waals surface area contributed by atoms with Gasteiger partial charge in [-0.15, -0.1) is 0 Å². The number of rotatable bonds is 4. The van der Waals surface area contributed by atoms with Crippen molar-refractivity contribution in [3.8, 4) is 0 Å². The maximum absolute atomic E-state index is 9.70. The molecule has 1 heterocycles. The van der Waals surface area contributed by atoms with Gasteiger partial charge in [0.2, 0.25) is 0 Å². The standard InChI is InChI=1S/C11H20N2O/c1-5-9-11(8(4)14)10(6-2)13(7-3)12-9/h8,14H,5-7H2,1-4H3. The largest absolute Gasteiger partial charge is 0.389 e. The van der Waals surface area contributed by atoms with Crippen molar-refractivity contribution >= 4 is 0 Å². The summed E-state index contributed by atoms with van der Waals surface area (Å²) in [4.78, 5) is 0. The number of hydrogen-bond donors (Lipinski definition) is 1. The van der Waals surface area contributed by atoms with Crippen LogP contribution in [0.15, 0.2) is 0 Å². The normalized spacial score (nSPS) is 13.2. The van der Waals surface area contributed by atoms with Crippen LogP contribution in [0, 0.1) is 0 Å². The van der Waals surface area contributed by atoms with E-state index in [0.717, 1.165) is 30.6 Å². The second-order valence-corrected chi connectivity index (χ2v) is 3.51. The van der Waals surface area contributed by atoms with Gasteiger partial charge in [-0.05, 0) is 26.7 Å². The first-order chi connectivity index (χ1) is 6.65. The van der Waals surface area contributed by atoms with E-state index in [1.54, 1.807) is 0 Å².